The van der Waals surface area contributed by atoms with E-state index in [2.05, 4.69) is 21.1 Å². The number of hydrogen-bond acceptors (Lipinski definition) is 2. The van der Waals surface area contributed by atoms with Crippen molar-refractivity contribution in [1.82, 2.24) is 5.16 Å². The summed E-state index contributed by atoms with van der Waals surface area (Å²) in [4.78, 5) is 0. The van der Waals surface area contributed by atoms with Crippen LogP contribution in [-0.4, -0.2) is 5.16 Å². The maximum Gasteiger partial charge on any atom is 0.172 e. The Morgan fingerprint density at radius 3 is 2.73 bits per heavy atom. The van der Waals surface area contributed by atoms with Crippen molar-refractivity contribution < 1.29 is 8.91 Å². The summed E-state index contributed by atoms with van der Waals surface area (Å²) in [7, 11) is 0. The van der Waals surface area contributed by atoms with Crippen molar-refractivity contribution in [1.29, 1.82) is 0 Å². The van der Waals surface area contributed by atoms with Crippen LogP contribution in [-0.2, 0) is 5.33 Å². The number of nitrogens with zero attached hydrogens (tertiary/aromatic N) is 1. The molecule has 1 aromatic heterocycles. The number of benzene rings is 1. The van der Waals surface area contributed by atoms with Gasteiger partial charge in [-0.25, -0.2) is 4.39 Å². The van der Waals surface area contributed by atoms with Crippen LogP contribution in [0.25, 0.3) is 11.3 Å². The van der Waals surface area contributed by atoms with E-state index in [4.69, 9.17) is 4.52 Å². The van der Waals surface area contributed by atoms with Gasteiger partial charge in [0.15, 0.2) is 5.76 Å². The second-order valence-corrected chi connectivity index (χ2v) is 3.76. The van der Waals surface area contributed by atoms with E-state index in [0.717, 1.165) is 11.3 Å². The molecule has 0 radical (unpaired) electrons. The van der Waals surface area contributed by atoms with E-state index in [1.165, 1.54) is 6.07 Å². The highest BCUT2D eigenvalue weighted by Crippen LogP contribution is 2.28. The van der Waals surface area contributed by atoms with Gasteiger partial charge in [-0.1, -0.05) is 33.2 Å². The summed E-state index contributed by atoms with van der Waals surface area (Å²) in [5.41, 5.74) is 2.12. The average molecular weight is 270 g/mol. The number of hydrogen-bond donors (Lipinski definition) is 0. The Balaban J connectivity index is 2.55. The molecular weight excluding hydrogens is 261 g/mol. The summed E-state index contributed by atoms with van der Waals surface area (Å²) in [6.07, 6.45) is 0. The fraction of sp³-hybridized carbons (Fsp3) is 0.182. The normalized spacial score (nSPS) is 10.6. The molecule has 2 rings (SSSR count). The van der Waals surface area contributed by atoms with E-state index in [0.29, 0.717) is 16.7 Å². The predicted molar refractivity (Wildman–Crippen MR) is 59.3 cm³/mol. The SMILES string of the molecule is Cc1c(CBr)noc1-c1ccccc1F. The van der Waals surface area contributed by atoms with E-state index < -0.39 is 0 Å². The average Bonchev–Trinajstić information content (AvgIpc) is 2.60. The summed E-state index contributed by atoms with van der Waals surface area (Å²) >= 11 is 3.30. The van der Waals surface area contributed by atoms with Crippen LogP contribution in [0.3, 0.4) is 0 Å². The molecule has 0 N–H and O–H groups in total. The molecule has 0 unspecified atom stereocenters. The molecule has 1 aromatic carbocycles. The van der Waals surface area contributed by atoms with Crippen molar-refractivity contribution in [2.75, 3.05) is 0 Å². The highest BCUT2D eigenvalue weighted by Gasteiger charge is 2.15. The molecule has 2 nitrogen and oxygen atoms in total. The van der Waals surface area contributed by atoms with E-state index in [-0.39, 0.29) is 5.82 Å². The summed E-state index contributed by atoms with van der Waals surface area (Å²) in [6.45, 7) is 1.87. The molecule has 2 aromatic rings. The fourth-order valence-electron chi connectivity index (χ4n) is 1.39. The predicted octanol–water partition coefficient (Wildman–Crippen LogP) is 3.68. The lowest BCUT2D eigenvalue weighted by Gasteiger charge is -1.98. The first-order valence-corrected chi connectivity index (χ1v) is 5.62. The van der Waals surface area contributed by atoms with Crippen LogP contribution in [0, 0.1) is 12.7 Å². The first-order chi connectivity index (χ1) is 7.24. The Labute approximate surface area is 95.2 Å². The lowest BCUT2D eigenvalue weighted by Crippen LogP contribution is -1.85. The zero-order valence-corrected chi connectivity index (χ0v) is 9.71. The Morgan fingerprint density at radius 1 is 1.40 bits per heavy atom. The molecule has 0 aliphatic rings. The van der Waals surface area contributed by atoms with E-state index >= 15 is 0 Å². The van der Waals surface area contributed by atoms with Gasteiger partial charge in [-0.05, 0) is 19.1 Å². The van der Waals surface area contributed by atoms with Crippen LogP contribution in [0.5, 0.6) is 0 Å². The van der Waals surface area contributed by atoms with Gasteiger partial charge in [-0.2, -0.15) is 0 Å². The van der Waals surface area contributed by atoms with Crippen LogP contribution < -0.4 is 0 Å². The van der Waals surface area contributed by atoms with Crippen LogP contribution in [0.1, 0.15) is 11.3 Å². The third kappa shape index (κ3) is 1.81. The minimum Gasteiger partial charge on any atom is -0.356 e. The van der Waals surface area contributed by atoms with Gasteiger partial charge in [-0.15, -0.1) is 0 Å². The van der Waals surface area contributed by atoms with Gasteiger partial charge in [0.1, 0.15) is 5.82 Å². The van der Waals surface area contributed by atoms with Crippen molar-refractivity contribution in [3.8, 4) is 11.3 Å². The first-order valence-electron chi connectivity index (χ1n) is 4.50. The minimum atomic E-state index is -0.294. The van der Waals surface area contributed by atoms with Crippen molar-refractivity contribution in [3.05, 3.63) is 41.3 Å². The molecule has 0 saturated heterocycles. The Morgan fingerprint density at radius 2 is 2.13 bits per heavy atom. The zero-order valence-electron chi connectivity index (χ0n) is 8.13. The molecule has 4 heteroatoms. The van der Waals surface area contributed by atoms with Gasteiger partial charge < -0.3 is 4.52 Å². The topological polar surface area (TPSA) is 26.0 Å². The van der Waals surface area contributed by atoms with Crippen molar-refractivity contribution in [3.63, 3.8) is 0 Å². The van der Waals surface area contributed by atoms with Gasteiger partial charge in [0, 0.05) is 10.9 Å². The Bertz CT molecular complexity index is 481. The minimum absolute atomic E-state index is 0.294. The number of alkyl halides is 1. The molecule has 0 aliphatic carbocycles. The van der Waals surface area contributed by atoms with Crippen LogP contribution in [0.4, 0.5) is 4.39 Å². The highest BCUT2D eigenvalue weighted by atomic mass is 79.9. The van der Waals surface area contributed by atoms with E-state index in [1.54, 1.807) is 18.2 Å². The fourth-order valence-corrected chi connectivity index (χ4v) is 1.91. The Hall–Kier alpha value is -1.16. The van der Waals surface area contributed by atoms with E-state index in [9.17, 15) is 4.39 Å². The van der Waals surface area contributed by atoms with Gasteiger partial charge in [0.2, 0.25) is 0 Å². The third-order valence-electron chi connectivity index (χ3n) is 2.27. The second kappa shape index (κ2) is 4.14. The zero-order chi connectivity index (χ0) is 10.8. The van der Waals surface area contributed by atoms with Crippen molar-refractivity contribution in [2.24, 2.45) is 0 Å². The molecule has 0 bridgehead atoms. The largest absolute Gasteiger partial charge is 0.356 e. The number of aromatic nitrogens is 1. The molecule has 1 heterocycles. The maximum atomic E-state index is 13.5. The summed E-state index contributed by atoms with van der Waals surface area (Å²) < 4.78 is 18.6. The molecule has 0 atom stereocenters. The van der Waals surface area contributed by atoms with Gasteiger partial charge >= 0.3 is 0 Å². The Kier molecular flexibility index (Phi) is 2.86. The van der Waals surface area contributed by atoms with Crippen molar-refractivity contribution in [2.45, 2.75) is 12.3 Å². The highest BCUT2D eigenvalue weighted by molar-refractivity contribution is 9.08. The summed E-state index contributed by atoms with van der Waals surface area (Å²) in [5.74, 6) is 0.209. The van der Waals surface area contributed by atoms with Crippen LogP contribution in [0.15, 0.2) is 28.8 Å². The standard InChI is InChI=1S/C11H9BrFNO/c1-7-10(6-12)14-15-11(7)8-4-2-3-5-9(8)13/h2-5H,6H2,1H3. The number of rotatable bonds is 2. The van der Waals surface area contributed by atoms with Gasteiger partial charge in [0.05, 0.1) is 11.3 Å². The second-order valence-electron chi connectivity index (χ2n) is 3.20. The lowest BCUT2D eigenvalue weighted by molar-refractivity contribution is 0.424. The number of halogens is 2. The van der Waals surface area contributed by atoms with Gasteiger partial charge in [-0.3, -0.25) is 0 Å². The third-order valence-corrected chi connectivity index (χ3v) is 2.80. The van der Waals surface area contributed by atoms with E-state index in [1.807, 2.05) is 6.92 Å². The maximum absolute atomic E-state index is 13.5. The molecule has 0 saturated carbocycles. The monoisotopic (exact) mass is 269 g/mol. The van der Waals surface area contributed by atoms with Crippen LogP contribution in [0.2, 0.25) is 0 Å². The van der Waals surface area contributed by atoms with Crippen LogP contribution >= 0.6 is 15.9 Å². The quantitative estimate of drug-likeness (QED) is 0.778. The lowest BCUT2D eigenvalue weighted by atomic mass is 10.1. The first kappa shape index (κ1) is 10.4. The smallest absolute Gasteiger partial charge is 0.172 e. The molecule has 0 fully saturated rings. The summed E-state index contributed by atoms with van der Waals surface area (Å²) in [6, 6.07) is 6.51. The molecule has 0 amide bonds. The molecule has 15 heavy (non-hydrogen) atoms. The summed E-state index contributed by atoms with van der Waals surface area (Å²) in [5, 5.41) is 4.47. The molecule has 0 aliphatic heterocycles. The molecular formula is C11H9BrFNO. The van der Waals surface area contributed by atoms with Crippen molar-refractivity contribution >= 4 is 15.9 Å². The molecule has 78 valence electrons. The van der Waals surface area contributed by atoms with Gasteiger partial charge in [0.25, 0.3) is 0 Å². The molecule has 0 spiro atoms.